The van der Waals surface area contributed by atoms with Crippen molar-refractivity contribution < 1.29 is 13.2 Å². The summed E-state index contributed by atoms with van der Waals surface area (Å²) < 4.78 is 26.3. The predicted molar refractivity (Wildman–Crippen MR) is 152 cm³/mol. The number of amides is 1. The second kappa shape index (κ2) is 10.5. The third-order valence-corrected chi connectivity index (χ3v) is 11.6. The standard InChI is InChI=1S/C32H38N2O3S/c35-31(15-16-32(17-18-32)38(36,37)28-13-12-25-7-2-3-8-26(25)22-28)33-30-10-6-9-27-21-24(11-14-29(27)30)23-34-19-4-1-5-20-34/h2-3,7-8,11-14,21-22,30H,1,4-6,9-10,15-20,23H2,(H,33,35). The number of nitrogens with zero attached hydrogens (tertiary/aromatic N) is 1. The van der Waals surface area contributed by atoms with Crippen LogP contribution < -0.4 is 5.32 Å². The van der Waals surface area contributed by atoms with Crippen molar-refractivity contribution in [3.8, 4) is 0 Å². The number of sulfone groups is 1. The second-order valence-corrected chi connectivity index (χ2v) is 13.9. The van der Waals surface area contributed by atoms with Crippen LogP contribution in [0.1, 0.15) is 80.5 Å². The minimum atomic E-state index is -3.50. The fourth-order valence-electron chi connectivity index (χ4n) is 6.48. The van der Waals surface area contributed by atoms with Crippen LogP contribution in [0, 0.1) is 0 Å². The van der Waals surface area contributed by atoms with E-state index in [0.717, 1.165) is 36.6 Å². The molecule has 6 heteroatoms. The minimum absolute atomic E-state index is 0.0162. The molecule has 3 aromatic carbocycles. The molecule has 0 radical (unpaired) electrons. The molecule has 0 aromatic heterocycles. The highest BCUT2D eigenvalue weighted by Crippen LogP contribution is 2.50. The maximum Gasteiger partial charge on any atom is 0.220 e. The molecular weight excluding hydrogens is 492 g/mol. The molecule has 1 atom stereocenters. The molecule has 1 saturated carbocycles. The molecule has 38 heavy (non-hydrogen) atoms. The van der Waals surface area contributed by atoms with E-state index in [1.165, 1.54) is 49.0 Å². The number of rotatable bonds is 8. The number of piperidine rings is 1. The molecule has 2 aliphatic carbocycles. The number of fused-ring (bicyclic) bond motifs is 2. The van der Waals surface area contributed by atoms with Crippen molar-refractivity contribution >= 4 is 26.5 Å². The highest BCUT2D eigenvalue weighted by atomic mass is 32.2. The first-order valence-corrected chi connectivity index (χ1v) is 15.8. The van der Waals surface area contributed by atoms with Crippen molar-refractivity contribution in [1.82, 2.24) is 10.2 Å². The zero-order valence-corrected chi connectivity index (χ0v) is 22.9. The lowest BCUT2D eigenvalue weighted by molar-refractivity contribution is -0.122. The lowest BCUT2D eigenvalue weighted by Gasteiger charge is -2.29. The van der Waals surface area contributed by atoms with E-state index in [-0.39, 0.29) is 18.4 Å². The smallest absolute Gasteiger partial charge is 0.220 e. The number of hydrogen-bond donors (Lipinski definition) is 1. The summed E-state index contributed by atoms with van der Waals surface area (Å²) in [6, 6.07) is 20.0. The molecule has 3 aromatic rings. The van der Waals surface area contributed by atoms with Crippen LogP contribution in [-0.2, 0) is 27.6 Å². The highest BCUT2D eigenvalue weighted by Gasteiger charge is 2.54. The van der Waals surface area contributed by atoms with Gasteiger partial charge in [0.2, 0.25) is 5.91 Å². The van der Waals surface area contributed by atoms with Crippen molar-refractivity contribution in [2.24, 2.45) is 0 Å². The molecule has 2 fully saturated rings. The highest BCUT2D eigenvalue weighted by molar-refractivity contribution is 7.93. The molecule has 1 unspecified atom stereocenters. The van der Waals surface area contributed by atoms with Gasteiger partial charge in [0.15, 0.2) is 9.84 Å². The summed E-state index contributed by atoms with van der Waals surface area (Å²) in [5.41, 5.74) is 3.96. The molecule has 0 bridgehead atoms. The molecule has 200 valence electrons. The zero-order chi connectivity index (χ0) is 26.2. The van der Waals surface area contributed by atoms with Gasteiger partial charge in [-0.3, -0.25) is 9.69 Å². The predicted octanol–water partition coefficient (Wildman–Crippen LogP) is 6.11. The Morgan fingerprint density at radius 3 is 2.50 bits per heavy atom. The number of benzene rings is 3. The third-order valence-electron chi connectivity index (χ3n) is 8.93. The van der Waals surface area contributed by atoms with Crippen LogP contribution in [-0.4, -0.2) is 37.1 Å². The number of carbonyl (C=O) groups excluding carboxylic acids is 1. The molecule has 1 saturated heterocycles. The third kappa shape index (κ3) is 5.13. The molecule has 5 nitrogen and oxygen atoms in total. The Morgan fingerprint density at radius 2 is 1.71 bits per heavy atom. The van der Waals surface area contributed by atoms with Gasteiger partial charge in [-0.05, 0) is 104 Å². The average molecular weight is 531 g/mol. The Morgan fingerprint density at radius 1 is 0.921 bits per heavy atom. The fourth-order valence-corrected chi connectivity index (χ4v) is 8.52. The Bertz CT molecular complexity index is 1440. The van der Waals surface area contributed by atoms with Crippen molar-refractivity contribution in [3.63, 3.8) is 0 Å². The molecule has 1 heterocycles. The molecule has 0 spiro atoms. The summed E-state index contributed by atoms with van der Waals surface area (Å²) in [5.74, 6) is -0.0415. The molecule has 1 amide bonds. The summed E-state index contributed by atoms with van der Waals surface area (Å²) in [4.78, 5) is 16.0. The largest absolute Gasteiger partial charge is 0.349 e. The van der Waals surface area contributed by atoms with Crippen LogP contribution in [0.3, 0.4) is 0 Å². The van der Waals surface area contributed by atoms with E-state index in [2.05, 4.69) is 28.4 Å². The van der Waals surface area contributed by atoms with Crippen molar-refractivity contribution in [3.05, 3.63) is 77.4 Å². The van der Waals surface area contributed by atoms with Crippen molar-refractivity contribution in [2.75, 3.05) is 13.1 Å². The van der Waals surface area contributed by atoms with Gasteiger partial charge in [-0.15, -0.1) is 0 Å². The van der Waals surface area contributed by atoms with Crippen LogP contribution in [0.2, 0.25) is 0 Å². The molecule has 1 aliphatic heterocycles. The first-order chi connectivity index (χ1) is 18.4. The van der Waals surface area contributed by atoms with Crippen molar-refractivity contribution in [2.45, 2.75) is 86.4 Å². The Kier molecular flexibility index (Phi) is 7.04. The number of aryl methyl sites for hydroxylation is 1. The van der Waals surface area contributed by atoms with Crippen LogP contribution >= 0.6 is 0 Å². The Hall–Kier alpha value is -2.70. The van der Waals surface area contributed by atoms with Gasteiger partial charge in [-0.25, -0.2) is 8.42 Å². The lowest BCUT2D eigenvalue weighted by atomic mass is 9.86. The number of hydrogen-bond acceptors (Lipinski definition) is 4. The van der Waals surface area contributed by atoms with Gasteiger partial charge in [-0.2, -0.15) is 0 Å². The Balaban J connectivity index is 1.09. The molecule has 1 N–H and O–H groups in total. The number of likely N-dealkylation sites (tertiary alicyclic amines) is 1. The quantitative estimate of drug-likeness (QED) is 0.382. The number of nitrogens with one attached hydrogen (secondary N) is 1. The average Bonchev–Trinajstić information content (AvgIpc) is 3.74. The van der Waals surface area contributed by atoms with Crippen LogP contribution in [0.4, 0.5) is 0 Å². The summed E-state index contributed by atoms with van der Waals surface area (Å²) in [6.45, 7) is 3.39. The van der Waals surface area contributed by atoms with Crippen LogP contribution in [0.25, 0.3) is 10.8 Å². The summed E-state index contributed by atoms with van der Waals surface area (Å²) in [6.07, 6.45) is 8.86. The second-order valence-electron chi connectivity index (χ2n) is 11.6. The van der Waals surface area contributed by atoms with E-state index in [9.17, 15) is 13.2 Å². The van der Waals surface area contributed by atoms with Gasteiger partial charge in [0.05, 0.1) is 15.7 Å². The van der Waals surface area contributed by atoms with E-state index in [1.807, 2.05) is 30.3 Å². The summed E-state index contributed by atoms with van der Waals surface area (Å²) in [7, 11) is -3.50. The lowest BCUT2D eigenvalue weighted by Crippen LogP contribution is -2.33. The topological polar surface area (TPSA) is 66.5 Å². The first kappa shape index (κ1) is 25.6. The summed E-state index contributed by atoms with van der Waals surface area (Å²) >= 11 is 0. The van der Waals surface area contributed by atoms with E-state index in [0.29, 0.717) is 24.2 Å². The molecule has 6 rings (SSSR count). The SMILES string of the molecule is O=C(CCC1(S(=O)(=O)c2ccc3ccccc3c2)CC1)NC1CCCc2cc(CN3CCCCC3)ccc21. The van der Waals surface area contributed by atoms with E-state index < -0.39 is 14.6 Å². The van der Waals surface area contributed by atoms with E-state index in [4.69, 9.17) is 0 Å². The Labute approximate surface area is 226 Å². The van der Waals surface area contributed by atoms with Gasteiger partial charge >= 0.3 is 0 Å². The van der Waals surface area contributed by atoms with Gasteiger partial charge in [-0.1, -0.05) is 55.0 Å². The zero-order valence-electron chi connectivity index (χ0n) is 22.1. The first-order valence-electron chi connectivity index (χ1n) is 14.3. The van der Waals surface area contributed by atoms with Gasteiger partial charge in [0, 0.05) is 13.0 Å². The maximum absolute atomic E-state index is 13.6. The molecular formula is C32H38N2O3S. The normalized spacial score (nSPS) is 21.1. The monoisotopic (exact) mass is 530 g/mol. The van der Waals surface area contributed by atoms with Crippen molar-refractivity contribution in [1.29, 1.82) is 0 Å². The minimum Gasteiger partial charge on any atom is -0.349 e. The fraction of sp³-hybridized carbons (Fsp3) is 0.469. The maximum atomic E-state index is 13.6. The van der Waals surface area contributed by atoms with Gasteiger partial charge in [0.1, 0.15) is 0 Å². The van der Waals surface area contributed by atoms with E-state index in [1.54, 1.807) is 12.1 Å². The van der Waals surface area contributed by atoms with Gasteiger partial charge in [0.25, 0.3) is 0 Å². The summed E-state index contributed by atoms with van der Waals surface area (Å²) in [5, 5.41) is 5.21. The van der Waals surface area contributed by atoms with Crippen LogP contribution in [0.15, 0.2) is 65.6 Å². The molecule has 3 aliphatic rings. The van der Waals surface area contributed by atoms with E-state index >= 15 is 0 Å². The number of carbonyl (C=O) groups is 1. The van der Waals surface area contributed by atoms with Crippen LogP contribution in [0.5, 0.6) is 0 Å². The van der Waals surface area contributed by atoms with Gasteiger partial charge < -0.3 is 5.32 Å².